The minimum atomic E-state index is -5.54. The molecular weight excluding hydrogens is 352 g/mol. The zero-order chi connectivity index (χ0) is 19.2. The van der Waals surface area contributed by atoms with Gasteiger partial charge < -0.3 is 18.6 Å². The van der Waals surface area contributed by atoms with Crippen LogP contribution in [-0.4, -0.2) is 58.3 Å². The molecule has 0 aromatic heterocycles. The van der Waals surface area contributed by atoms with Crippen LogP contribution in [-0.2, 0) is 23.4 Å². The van der Waals surface area contributed by atoms with E-state index < -0.39 is 32.9 Å². The molecule has 0 heterocycles. The lowest BCUT2D eigenvalue weighted by Crippen LogP contribution is -2.54. The van der Waals surface area contributed by atoms with Crippen LogP contribution in [0.15, 0.2) is 0 Å². The molecule has 0 bridgehead atoms. The fourth-order valence-corrected chi connectivity index (χ4v) is 2.04. The molecule has 144 valence electrons. The minimum absolute atomic E-state index is 0.102. The van der Waals surface area contributed by atoms with Crippen LogP contribution < -0.4 is 0 Å². The first kappa shape index (κ1) is 23.3. The van der Waals surface area contributed by atoms with E-state index in [1.807, 2.05) is 20.8 Å². The predicted molar refractivity (Wildman–Crippen MR) is 81.8 cm³/mol. The standard InChI is InChI=1S/C14H26F4O5Si/c1-12(2,3)21-9-7-20-8-10-22-13(15,14(16,17)18)11(19)23-24(4,5)6/h7-10H2,1-6H3. The number of carbonyl (C=O) groups excluding carboxylic acids is 1. The molecule has 0 aromatic rings. The smallest absolute Gasteiger partial charge is 0.460 e. The van der Waals surface area contributed by atoms with E-state index in [0.717, 1.165) is 0 Å². The molecule has 0 aliphatic carbocycles. The highest BCUT2D eigenvalue weighted by atomic mass is 28.4. The Labute approximate surface area is 140 Å². The highest BCUT2D eigenvalue weighted by molar-refractivity contribution is 6.71. The average Bonchev–Trinajstić information content (AvgIpc) is 2.32. The molecule has 0 aliphatic rings. The molecule has 0 radical (unpaired) electrons. The Kier molecular flexibility index (Phi) is 8.34. The first-order valence-electron chi connectivity index (χ1n) is 7.43. The van der Waals surface area contributed by atoms with Gasteiger partial charge in [-0.1, -0.05) is 0 Å². The fourth-order valence-electron chi connectivity index (χ4n) is 1.35. The van der Waals surface area contributed by atoms with Crippen molar-refractivity contribution in [3.8, 4) is 0 Å². The number of carbonyl (C=O) groups is 1. The van der Waals surface area contributed by atoms with Crippen LogP contribution in [0, 0.1) is 0 Å². The van der Waals surface area contributed by atoms with Crippen molar-refractivity contribution in [2.45, 2.75) is 58.0 Å². The predicted octanol–water partition coefficient (Wildman–Crippen LogP) is 3.44. The molecule has 10 heteroatoms. The summed E-state index contributed by atoms with van der Waals surface area (Å²) in [4.78, 5) is 11.5. The molecule has 0 aliphatic heterocycles. The van der Waals surface area contributed by atoms with Crippen molar-refractivity contribution in [3.05, 3.63) is 0 Å². The van der Waals surface area contributed by atoms with Crippen LogP contribution in [0.1, 0.15) is 20.8 Å². The lowest BCUT2D eigenvalue weighted by molar-refractivity contribution is -0.322. The highest BCUT2D eigenvalue weighted by Crippen LogP contribution is 2.37. The van der Waals surface area contributed by atoms with Crippen molar-refractivity contribution >= 4 is 14.3 Å². The van der Waals surface area contributed by atoms with Crippen molar-refractivity contribution < 1.29 is 41.0 Å². The summed E-state index contributed by atoms with van der Waals surface area (Å²) >= 11 is 0. The minimum Gasteiger partial charge on any atom is -0.515 e. The Morgan fingerprint density at radius 3 is 1.71 bits per heavy atom. The molecule has 0 spiro atoms. The first-order valence-corrected chi connectivity index (χ1v) is 10.8. The van der Waals surface area contributed by atoms with E-state index in [-0.39, 0.29) is 25.4 Å². The quantitative estimate of drug-likeness (QED) is 0.349. The molecule has 0 rings (SSSR count). The lowest BCUT2D eigenvalue weighted by Gasteiger charge is -2.29. The van der Waals surface area contributed by atoms with Gasteiger partial charge in [0.15, 0.2) is 0 Å². The molecule has 5 nitrogen and oxygen atoms in total. The number of alkyl halides is 4. The summed E-state index contributed by atoms with van der Waals surface area (Å²) in [5, 5.41) is 0. The molecule has 0 saturated heterocycles. The second-order valence-electron chi connectivity index (χ2n) is 7.02. The molecule has 0 saturated carbocycles. The second kappa shape index (κ2) is 8.59. The van der Waals surface area contributed by atoms with E-state index in [1.54, 1.807) is 0 Å². The van der Waals surface area contributed by atoms with Crippen LogP contribution in [0.2, 0.25) is 19.6 Å². The average molecular weight is 378 g/mol. The van der Waals surface area contributed by atoms with Gasteiger partial charge >= 0.3 is 18.0 Å². The zero-order valence-electron chi connectivity index (χ0n) is 14.9. The molecule has 0 amide bonds. The summed E-state index contributed by atoms with van der Waals surface area (Å²) in [7, 11) is -2.71. The largest absolute Gasteiger partial charge is 0.515 e. The van der Waals surface area contributed by atoms with E-state index >= 15 is 0 Å². The van der Waals surface area contributed by atoms with Gasteiger partial charge in [-0.05, 0) is 40.4 Å². The Morgan fingerprint density at radius 2 is 1.33 bits per heavy atom. The highest BCUT2D eigenvalue weighted by Gasteiger charge is 2.65. The third-order valence-corrected chi connectivity index (χ3v) is 3.12. The Balaban J connectivity index is 4.44. The molecular formula is C14H26F4O5Si. The molecule has 24 heavy (non-hydrogen) atoms. The molecule has 1 unspecified atom stereocenters. The van der Waals surface area contributed by atoms with E-state index in [2.05, 4.69) is 9.16 Å². The van der Waals surface area contributed by atoms with Gasteiger partial charge in [-0.2, -0.15) is 17.6 Å². The van der Waals surface area contributed by atoms with Crippen molar-refractivity contribution in [2.24, 2.45) is 0 Å². The summed E-state index contributed by atoms with van der Waals surface area (Å²) in [6, 6.07) is 0. The van der Waals surface area contributed by atoms with Gasteiger partial charge in [-0.15, -0.1) is 0 Å². The monoisotopic (exact) mass is 378 g/mol. The van der Waals surface area contributed by atoms with Gasteiger partial charge in [-0.25, -0.2) is 4.79 Å². The SMILES string of the molecule is CC(C)(C)OCCOCCOC(F)(C(=O)O[Si](C)(C)C)C(F)(F)F. The lowest BCUT2D eigenvalue weighted by atomic mass is 10.2. The maximum absolute atomic E-state index is 14.1. The van der Waals surface area contributed by atoms with Crippen LogP contribution in [0.4, 0.5) is 17.6 Å². The molecule has 1 atom stereocenters. The third kappa shape index (κ3) is 8.95. The number of rotatable bonds is 9. The Hall–Kier alpha value is -0.713. The number of hydrogen-bond donors (Lipinski definition) is 0. The van der Waals surface area contributed by atoms with Crippen LogP contribution in [0.5, 0.6) is 0 Å². The normalized spacial score (nSPS) is 15.9. The van der Waals surface area contributed by atoms with E-state index in [4.69, 9.17) is 9.47 Å². The van der Waals surface area contributed by atoms with E-state index in [1.165, 1.54) is 19.6 Å². The van der Waals surface area contributed by atoms with Crippen molar-refractivity contribution in [1.82, 2.24) is 0 Å². The summed E-state index contributed by atoms with van der Waals surface area (Å²) < 4.78 is 71.7. The van der Waals surface area contributed by atoms with Gasteiger partial charge in [0.25, 0.3) is 0 Å². The van der Waals surface area contributed by atoms with Crippen LogP contribution >= 0.6 is 0 Å². The maximum atomic E-state index is 14.1. The zero-order valence-corrected chi connectivity index (χ0v) is 15.9. The summed E-state index contributed by atoms with van der Waals surface area (Å²) in [6.45, 7) is 9.12. The molecule has 0 fully saturated rings. The Bertz CT molecular complexity index is 403. The van der Waals surface area contributed by atoms with Gasteiger partial charge in [-0.3, -0.25) is 0 Å². The van der Waals surface area contributed by atoms with Gasteiger partial charge in [0.1, 0.15) is 0 Å². The molecule has 0 aromatic carbocycles. The van der Waals surface area contributed by atoms with E-state index in [9.17, 15) is 22.4 Å². The first-order chi connectivity index (χ1) is 10.6. The van der Waals surface area contributed by atoms with Gasteiger partial charge in [0, 0.05) is 0 Å². The number of ether oxygens (including phenoxy) is 3. The topological polar surface area (TPSA) is 54.0 Å². The third-order valence-electron chi connectivity index (χ3n) is 2.32. The van der Waals surface area contributed by atoms with Gasteiger partial charge in [0.05, 0.1) is 32.0 Å². The van der Waals surface area contributed by atoms with Crippen molar-refractivity contribution in [1.29, 1.82) is 0 Å². The van der Waals surface area contributed by atoms with Crippen LogP contribution in [0.25, 0.3) is 0 Å². The van der Waals surface area contributed by atoms with E-state index in [0.29, 0.717) is 0 Å². The van der Waals surface area contributed by atoms with Crippen molar-refractivity contribution in [2.75, 3.05) is 26.4 Å². The molecule has 0 N–H and O–H groups in total. The second-order valence-corrected chi connectivity index (χ2v) is 11.4. The summed E-state index contributed by atoms with van der Waals surface area (Å²) in [5.41, 5.74) is -0.370. The summed E-state index contributed by atoms with van der Waals surface area (Å²) in [5.74, 6) is -6.58. The number of hydrogen-bond acceptors (Lipinski definition) is 5. The Morgan fingerprint density at radius 1 is 0.875 bits per heavy atom. The maximum Gasteiger partial charge on any atom is 0.460 e. The summed E-state index contributed by atoms with van der Waals surface area (Å²) in [6.07, 6.45) is -5.54. The van der Waals surface area contributed by atoms with Crippen LogP contribution in [0.3, 0.4) is 0 Å². The van der Waals surface area contributed by atoms with Crippen molar-refractivity contribution in [3.63, 3.8) is 0 Å². The van der Waals surface area contributed by atoms with Gasteiger partial charge in [0.2, 0.25) is 8.32 Å². The number of halogens is 4. The fraction of sp³-hybridized carbons (Fsp3) is 0.929.